The van der Waals surface area contributed by atoms with Crippen LogP contribution in [0.5, 0.6) is 5.75 Å². The maximum Gasteiger partial charge on any atom is 0.494 e. The minimum atomic E-state index is -4.70. The number of carbonyl (C=O) groups excluding carboxylic acids is 1. The molecule has 0 unspecified atom stereocenters. The molecular weight excluding hydrogens is 505 g/mol. The number of hydrogen-bond donors (Lipinski definition) is 1. The van der Waals surface area contributed by atoms with Crippen molar-refractivity contribution in [3.8, 4) is 5.75 Å². The van der Waals surface area contributed by atoms with Crippen molar-refractivity contribution in [1.82, 2.24) is 0 Å². The van der Waals surface area contributed by atoms with E-state index in [1.165, 1.54) is 18.2 Å². The summed E-state index contributed by atoms with van der Waals surface area (Å²) in [6, 6.07) is 7.53. The summed E-state index contributed by atoms with van der Waals surface area (Å²) in [5.74, 6) is -1.68. The average Bonchev–Trinajstić information content (AvgIpc) is 3.04. The smallest absolute Gasteiger partial charge is 0.491 e. The Labute approximate surface area is 221 Å². The van der Waals surface area contributed by atoms with Gasteiger partial charge in [0.2, 0.25) is 5.91 Å². The quantitative estimate of drug-likeness (QED) is 0.232. The highest BCUT2D eigenvalue weighted by atomic mass is 19.4. The van der Waals surface area contributed by atoms with Gasteiger partial charge in [0.15, 0.2) is 0 Å². The Morgan fingerprint density at radius 3 is 2.29 bits per heavy atom. The van der Waals surface area contributed by atoms with Crippen molar-refractivity contribution in [3.05, 3.63) is 53.3 Å². The third-order valence-corrected chi connectivity index (χ3v) is 6.65. The summed E-state index contributed by atoms with van der Waals surface area (Å²) in [6.45, 7) is 10.2. The van der Waals surface area contributed by atoms with Gasteiger partial charge in [0.05, 0.1) is 29.8 Å². The van der Waals surface area contributed by atoms with E-state index < -0.39 is 41.8 Å². The van der Waals surface area contributed by atoms with Crippen LogP contribution in [0.15, 0.2) is 36.4 Å². The summed E-state index contributed by atoms with van der Waals surface area (Å²) in [5, 5.41) is 2.40. The minimum Gasteiger partial charge on any atom is -0.491 e. The second kappa shape index (κ2) is 12.0. The van der Waals surface area contributed by atoms with Gasteiger partial charge in [-0.25, -0.2) is 4.39 Å². The van der Waals surface area contributed by atoms with Gasteiger partial charge in [0.1, 0.15) is 18.2 Å². The third-order valence-electron chi connectivity index (χ3n) is 6.65. The zero-order chi connectivity index (χ0) is 28.1. The number of hydrogen-bond acceptors (Lipinski definition) is 5. The molecule has 2 aromatic carbocycles. The lowest BCUT2D eigenvalue weighted by Crippen LogP contribution is -2.41. The number of rotatable bonds is 11. The van der Waals surface area contributed by atoms with Gasteiger partial charge in [-0.1, -0.05) is 25.5 Å². The number of alkyl halides is 3. The van der Waals surface area contributed by atoms with Crippen LogP contribution in [0.25, 0.3) is 0 Å². The van der Waals surface area contributed by atoms with E-state index in [9.17, 15) is 22.4 Å². The Morgan fingerprint density at radius 2 is 1.68 bits per heavy atom. The molecule has 1 N–H and O–H groups in total. The van der Waals surface area contributed by atoms with Crippen LogP contribution in [0.4, 0.5) is 23.2 Å². The molecule has 0 aliphatic carbocycles. The molecule has 0 spiro atoms. The molecule has 11 heteroatoms. The topological polar surface area (TPSA) is 66.0 Å². The van der Waals surface area contributed by atoms with E-state index in [-0.39, 0.29) is 36.6 Å². The molecule has 0 radical (unpaired) electrons. The normalized spacial score (nSPS) is 16.5. The summed E-state index contributed by atoms with van der Waals surface area (Å²) >= 11 is 0. The molecule has 208 valence electrons. The van der Waals surface area contributed by atoms with E-state index in [2.05, 4.69) is 5.32 Å². The molecule has 38 heavy (non-hydrogen) atoms. The van der Waals surface area contributed by atoms with Crippen molar-refractivity contribution in [2.45, 2.75) is 71.3 Å². The molecule has 3 rings (SSSR count). The summed E-state index contributed by atoms with van der Waals surface area (Å²) < 4.78 is 78.1. The summed E-state index contributed by atoms with van der Waals surface area (Å²) in [7, 11) is -0.762. The van der Waals surface area contributed by atoms with Crippen molar-refractivity contribution in [2.75, 3.05) is 25.1 Å². The minimum absolute atomic E-state index is 0.0420. The van der Waals surface area contributed by atoms with Gasteiger partial charge in [-0.3, -0.25) is 4.79 Å². The third kappa shape index (κ3) is 7.48. The molecule has 1 fully saturated rings. The second-order valence-corrected chi connectivity index (χ2v) is 10.2. The fraction of sp³-hybridized carbons (Fsp3) is 0.519. The number of nitrogens with one attached hydrogen (secondary N) is 1. The molecule has 1 aliphatic heterocycles. The molecule has 0 bridgehead atoms. The molecule has 1 aliphatic rings. The Hall–Kier alpha value is -2.63. The van der Waals surface area contributed by atoms with Crippen LogP contribution in [0.3, 0.4) is 0 Å². The van der Waals surface area contributed by atoms with Crippen LogP contribution in [0, 0.1) is 5.82 Å². The van der Waals surface area contributed by atoms with Crippen molar-refractivity contribution in [2.24, 2.45) is 0 Å². The maximum atomic E-state index is 14.8. The highest BCUT2D eigenvalue weighted by Crippen LogP contribution is 2.38. The van der Waals surface area contributed by atoms with Crippen molar-refractivity contribution in [3.63, 3.8) is 0 Å². The Kier molecular flexibility index (Phi) is 9.49. The zero-order valence-corrected chi connectivity index (χ0v) is 22.3. The van der Waals surface area contributed by atoms with Gasteiger partial charge < -0.3 is 24.1 Å². The molecule has 2 aromatic rings. The SMILES string of the molecule is CCCCOCCOc1ccc(NC(=O)Cc2ccc(B3OC(C)(C)C(C)(C)O3)cc2F)cc1C(F)(F)F. The zero-order valence-electron chi connectivity index (χ0n) is 22.3. The number of benzene rings is 2. The predicted octanol–water partition coefficient (Wildman–Crippen LogP) is 5.52. The monoisotopic (exact) mass is 539 g/mol. The van der Waals surface area contributed by atoms with Gasteiger partial charge in [0, 0.05) is 12.3 Å². The Balaban J connectivity index is 1.63. The first-order valence-electron chi connectivity index (χ1n) is 12.6. The maximum absolute atomic E-state index is 14.8. The van der Waals surface area contributed by atoms with Gasteiger partial charge in [-0.15, -0.1) is 0 Å². The summed E-state index contributed by atoms with van der Waals surface area (Å²) in [5.41, 5.74) is -1.74. The van der Waals surface area contributed by atoms with E-state index in [0.29, 0.717) is 12.1 Å². The van der Waals surface area contributed by atoms with E-state index >= 15 is 0 Å². The largest absolute Gasteiger partial charge is 0.494 e. The van der Waals surface area contributed by atoms with Gasteiger partial charge in [0.25, 0.3) is 0 Å². The van der Waals surface area contributed by atoms with E-state index in [4.69, 9.17) is 18.8 Å². The van der Waals surface area contributed by atoms with Crippen LogP contribution in [0.1, 0.15) is 58.6 Å². The lowest BCUT2D eigenvalue weighted by molar-refractivity contribution is -0.139. The average molecular weight is 539 g/mol. The molecular formula is C27H34BF4NO5. The van der Waals surface area contributed by atoms with Crippen LogP contribution in [0.2, 0.25) is 0 Å². The molecule has 1 amide bonds. The molecule has 1 heterocycles. The first-order chi connectivity index (χ1) is 17.7. The first kappa shape index (κ1) is 29.9. The van der Waals surface area contributed by atoms with Crippen molar-refractivity contribution < 1.29 is 41.1 Å². The predicted molar refractivity (Wildman–Crippen MR) is 137 cm³/mol. The van der Waals surface area contributed by atoms with E-state index in [0.717, 1.165) is 25.0 Å². The highest BCUT2D eigenvalue weighted by Gasteiger charge is 2.51. The second-order valence-electron chi connectivity index (χ2n) is 10.2. The molecule has 0 aromatic heterocycles. The van der Waals surface area contributed by atoms with Crippen LogP contribution in [-0.2, 0) is 31.4 Å². The van der Waals surface area contributed by atoms with Crippen molar-refractivity contribution >= 4 is 24.2 Å². The summed E-state index contributed by atoms with van der Waals surface area (Å²) in [4.78, 5) is 12.5. The van der Waals surface area contributed by atoms with Crippen LogP contribution >= 0.6 is 0 Å². The molecule has 1 saturated heterocycles. The number of amides is 1. The van der Waals surface area contributed by atoms with Crippen LogP contribution in [-0.4, -0.2) is 44.0 Å². The highest BCUT2D eigenvalue weighted by molar-refractivity contribution is 6.62. The van der Waals surface area contributed by atoms with Crippen molar-refractivity contribution in [1.29, 1.82) is 0 Å². The Bertz CT molecular complexity index is 1110. The first-order valence-corrected chi connectivity index (χ1v) is 12.6. The van der Waals surface area contributed by atoms with E-state index in [1.54, 1.807) is 6.07 Å². The lowest BCUT2D eigenvalue weighted by Gasteiger charge is -2.32. The van der Waals surface area contributed by atoms with Crippen LogP contribution < -0.4 is 15.5 Å². The fourth-order valence-corrected chi connectivity index (χ4v) is 3.72. The summed E-state index contributed by atoms with van der Waals surface area (Å²) in [6.07, 6.45) is -3.26. The number of halogens is 4. The van der Waals surface area contributed by atoms with Gasteiger partial charge in [-0.05, 0) is 69.4 Å². The van der Waals surface area contributed by atoms with Gasteiger partial charge in [-0.2, -0.15) is 13.2 Å². The number of unbranched alkanes of at least 4 members (excludes halogenated alkanes) is 1. The number of ether oxygens (including phenoxy) is 2. The molecule has 0 atom stereocenters. The lowest BCUT2D eigenvalue weighted by atomic mass is 9.78. The molecule has 0 saturated carbocycles. The number of carbonyl (C=O) groups is 1. The number of anilines is 1. The molecule has 6 nitrogen and oxygen atoms in total. The fourth-order valence-electron chi connectivity index (χ4n) is 3.72. The standard InChI is InChI=1S/C27H34BF4NO5/c1-6-7-12-35-13-14-36-23-11-10-20(17-21(23)27(30,31)32)33-24(34)15-18-8-9-19(16-22(18)29)28-37-25(2,3)26(4,5)38-28/h8-11,16-17H,6-7,12-15H2,1-5H3,(H,33,34). The van der Waals surface area contributed by atoms with E-state index in [1.807, 2.05) is 34.6 Å². The van der Waals surface area contributed by atoms with Gasteiger partial charge >= 0.3 is 13.3 Å². The Morgan fingerprint density at radius 1 is 1.00 bits per heavy atom.